The zero-order valence-corrected chi connectivity index (χ0v) is 20.8. The summed E-state index contributed by atoms with van der Waals surface area (Å²) in [4.78, 5) is 24.1. The van der Waals surface area contributed by atoms with E-state index >= 15 is 0 Å². The number of hydrogen-bond acceptors (Lipinski definition) is 6. The van der Waals surface area contributed by atoms with E-state index in [9.17, 15) is 18.0 Å². The first-order valence-electron chi connectivity index (χ1n) is 12.6. The number of para-hydroxylation sites is 1. The second-order valence-electron chi connectivity index (χ2n) is 9.90. The highest BCUT2D eigenvalue weighted by Gasteiger charge is 2.32. The number of ether oxygens (including phenoxy) is 1. The lowest BCUT2D eigenvalue weighted by molar-refractivity contribution is -0.274. The number of benzene rings is 1. The van der Waals surface area contributed by atoms with Crippen LogP contribution in [0.25, 0.3) is 0 Å². The molecule has 0 aliphatic heterocycles. The molecule has 1 fully saturated rings. The summed E-state index contributed by atoms with van der Waals surface area (Å²) in [5, 5.41) is 6.41. The van der Waals surface area contributed by atoms with E-state index in [0.717, 1.165) is 56.5 Å². The Morgan fingerprint density at radius 3 is 2.53 bits per heavy atom. The van der Waals surface area contributed by atoms with Crippen LogP contribution in [0.15, 0.2) is 24.3 Å². The minimum atomic E-state index is -4.79. The third kappa shape index (κ3) is 7.01. The molecular weight excluding hydrogens is 471 g/mol. The van der Waals surface area contributed by atoms with Crippen molar-refractivity contribution in [2.75, 3.05) is 30.9 Å². The molecule has 1 saturated carbocycles. The molecule has 2 aliphatic rings. The largest absolute Gasteiger partial charge is 0.573 e. The van der Waals surface area contributed by atoms with Gasteiger partial charge in [-0.05, 0) is 63.4 Å². The molecule has 10 heteroatoms. The summed E-state index contributed by atoms with van der Waals surface area (Å²) >= 11 is 0. The normalized spacial score (nSPS) is 19.8. The van der Waals surface area contributed by atoms with Crippen LogP contribution in [0.2, 0.25) is 0 Å². The number of rotatable bonds is 8. The summed E-state index contributed by atoms with van der Waals surface area (Å²) in [5.74, 6) is 1.37. The molecular formula is C26H34F3N5O2. The van der Waals surface area contributed by atoms with Gasteiger partial charge in [0.1, 0.15) is 11.6 Å². The topological polar surface area (TPSA) is 79.4 Å². The third-order valence-electron chi connectivity index (χ3n) is 6.90. The van der Waals surface area contributed by atoms with E-state index in [1.54, 1.807) is 6.07 Å². The number of amides is 1. The molecule has 7 nitrogen and oxygen atoms in total. The Balaban J connectivity index is 1.25. The van der Waals surface area contributed by atoms with Gasteiger partial charge in [-0.25, -0.2) is 4.98 Å². The molecule has 1 amide bonds. The predicted octanol–water partition coefficient (Wildman–Crippen LogP) is 4.65. The van der Waals surface area contributed by atoms with Gasteiger partial charge in [0.15, 0.2) is 0 Å². The number of anilines is 2. The van der Waals surface area contributed by atoms with Crippen LogP contribution in [0.3, 0.4) is 0 Å². The maximum atomic E-state index is 12.6. The highest BCUT2D eigenvalue weighted by Crippen LogP contribution is 2.31. The van der Waals surface area contributed by atoms with E-state index in [0.29, 0.717) is 18.4 Å². The second-order valence-corrected chi connectivity index (χ2v) is 9.90. The van der Waals surface area contributed by atoms with E-state index in [1.165, 1.54) is 30.2 Å². The van der Waals surface area contributed by atoms with Crippen molar-refractivity contribution >= 4 is 17.7 Å². The Bertz CT molecular complexity index is 1050. The number of aryl methyl sites for hydroxylation is 1. The van der Waals surface area contributed by atoms with Crippen molar-refractivity contribution in [1.82, 2.24) is 15.3 Å². The average molecular weight is 506 g/mol. The Morgan fingerprint density at radius 2 is 1.81 bits per heavy atom. The van der Waals surface area contributed by atoms with Crippen LogP contribution in [-0.4, -0.2) is 48.9 Å². The van der Waals surface area contributed by atoms with Crippen molar-refractivity contribution in [3.63, 3.8) is 0 Å². The van der Waals surface area contributed by atoms with Crippen LogP contribution in [-0.2, 0) is 24.1 Å². The summed E-state index contributed by atoms with van der Waals surface area (Å²) in [6.07, 6.45) is 3.18. The Labute approximate surface area is 209 Å². The highest BCUT2D eigenvalue weighted by molar-refractivity contribution is 5.79. The van der Waals surface area contributed by atoms with E-state index in [2.05, 4.69) is 20.3 Å². The molecule has 0 spiro atoms. The molecule has 1 aromatic carbocycles. The van der Waals surface area contributed by atoms with Crippen LogP contribution in [0.5, 0.6) is 5.75 Å². The molecule has 2 aromatic rings. The number of nitrogens with one attached hydrogen (secondary N) is 2. The van der Waals surface area contributed by atoms with Gasteiger partial charge in [0.05, 0.1) is 12.1 Å². The summed E-state index contributed by atoms with van der Waals surface area (Å²) in [6.45, 7) is 0.508. The molecule has 0 atom stereocenters. The molecule has 0 radical (unpaired) electrons. The van der Waals surface area contributed by atoms with Gasteiger partial charge >= 0.3 is 6.36 Å². The van der Waals surface area contributed by atoms with Gasteiger partial charge in [-0.2, -0.15) is 4.98 Å². The van der Waals surface area contributed by atoms with Crippen molar-refractivity contribution in [2.45, 2.75) is 70.2 Å². The average Bonchev–Trinajstić information content (AvgIpc) is 2.83. The maximum Gasteiger partial charge on any atom is 0.573 e. The summed E-state index contributed by atoms with van der Waals surface area (Å²) in [5.41, 5.74) is 2.63. The number of aromatic nitrogens is 2. The van der Waals surface area contributed by atoms with Crippen LogP contribution in [0.1, 0.15) is 55.3 Å². The van der Waals surface area contributed by atoms with Gasteiger partial charge in [-0.1, -0.05) is 18.2 Å². The zero-order valence-electron chi connectivity index (χ0n) is 20.8. The van der Waals surface area contributed by atoms with E-state index in [1.807, 2.05) is 14.1 Å². The first-order valence-corrected chi connectivity index (χ1v) is 12.6. The van der Waals surface area contributed by atoms with Gasteiger partial charge in [0.25, 0.3) is 0 Å². The standard InChI is InChI=1S/C26H34F3N5O2/c1-34(2)24-20-8-4-5-9-21(20)32-25(33-24)31-19-13-11-17(12-14-19)16-30-23(35)15-18-7-3-6-10-22(18)36-26(27,28)29/h3,6-7,10,17,19H,4-5,8-9,11-16H2,1-2H3,(H,30,35)(H,31,32,33). The molecule has 36 heavy (non-hydrogen) atoms. The van der Waals surface area contributed by atoms with Gasteiger partial charge in [0.2, 0.25) is 11.9 Å². The number of carbonyl (C=O) groups excluding carboxylic acids is 1. The van der Waals surface area contributed by atoms with Crippen molar-refractivity contribution in [2.24, 2.45) is 5.92 Å². The lowest BCUT2D eigenvalue weighted by Gasteiger charge is -2.30. The molecule has 4 rings (SSSR count). The first-order chi connectivity index (χ1) is 17.2. The lowest BCUT2D eigenvalue weighted by Crippen LogP contribution is -2.35. The van der Waals surface area contributed by atoms with Gasteiger partial charge in [-0.15, -0.1) is 13.2 Å². The Kier molecular flexibility index (Phi) is 8.21. The Morgan fingerprint density at radius 1 is 1.08 bits per heavy atom. The smallest absolute Gasteiger partial charge is 0.405 e. The molecule has 196 valence electrons. The number of hydrogen-bond donors (Lipinski definition) is 2. The minimum absolute atomic E-state index is 0.160. The number of fused-ring (bicyclic) bond motifs is 1. The molecule has 2 aliphatic carbocycles. The lowest BCUT2D eigenvalue weighted by atomic mass is 9.86. The van der Waals surface area contributed by atoms with E-state index in [-0.39, 0.29) is 29.7 Å². The third-order valence-corrected chi connectivity index (χ3v) is 6.90. The quantitative estimate of drug-likeness (QED) is 0.544. The first kappa shape index (κ1) is 26.0. The fourth-order valence-electron chi connectivity index (χ4n) is 5.07. The van der Waals surface area contributed by atoms with Gasteiger partial charge < -0.3 is 20.3 Å². The minimum Gasteiger partial charge on any atom is -0.405 e. The van der Waals surface area contributed by atoms with E-state index < -0.39 is 6.36 Å². The van der Waals surface area contributed by atoms with Crippen LogP contribution in [0.4, 0.5) is 24.9 Å². The summed E-state index contributed by atoms with van der Waals surface area (Å²) in [6, 6.07) is 6.01. The van der Waals surface area contributed by atoms with Crippen LogP contribution < -0.4 is 20.3 Å². The molecule has 0 saturated heterocycles. The molecule has 2 N–H and O–H groups in total. The van der Waals surface area contributed by atoms with Crippen molar-refractivity contribution in [3.05, 3.63) is 41.1 Å². The SMILES string of the molecule is CN(C)c1nc(NC2CCC(CNC(=O)Cc3ccccc3OC(F)(F)F)CC2)nc2c1CCCC2. The highest BCUT2D eigenvalue weighted by atomic mass is 19.4. The number of carbonyl (C=O) groups is 1. The predicted molar refractivity (Wildman–Crippen MR) is 132 cm³/mol. The van der Waals surface area contributed by atoms with Gasteiger partial charge in [0, 0.05) is 37.8 Å². The molecule has 0 bridgehead atoms. The molecule has 0 unspecified atom stereocenters. The fourth-order valence-corrected chi connectivity index (χ4v) is 5.07. The summed E-state index contributed by atoms with van der Waals surface area (Å²) < 4.78 is 41.9. The number of nitrogens with zero attached hydrogens (tertiary/aromatic N) is 3. The monoisotopic (exact) mass is 505 g/mol. The van der Waals surface area contributed by atoms with E-state index in [4.69, 9.17) is 9.97 Å². The van der Waals surface area contributed by atoms with Crippen molar-refractivity contribution < 1.29 is 22.7 Å². The maximum absolute atomic E-state index is 12.6. The number of halogens is 3. The van der Waals surface area contributed by atoms with Crippen LogP contribution >= 0.6 is 0 Å². The molecule has 1 aromatic heterocycles. The van der Waals surface area contributed by atoms with Crippen molar-refractivity contribution in [1.29, 1.82) is 0 Å². The zero-order chi connectivity index (χ0) is 25.7. The summed E-state index contributed by atoms with van der Waals surface area (Å²) in [7, 11) is 4.03. The van der Waals surface area contributed by atoms with Gasteiger partial charge in [-0.3, -0.25) is 4.79 Å². The van der Waals surface area contributed by atoms with Crippen molar-refractivity contribution in [3.8, 4) is 5.75 Å². The second kappa shape index (κ2) is 11.3. The Hall–Kier alpha value is -3.04. The fraction of sp³-hybridized carbons (Fsp3) is 0.577. The molecule has 1 heterocycles. The number of alkyl halides is 3. The van der Waals surface area contributed by atoms with Crippen LogP contribution in [0, 0.1) is 5.92 Å².